The number of carbonyl (C=O) groups is 2. The molecule has 36 heavy (non-hydrogen) atoms. The summed E-state index contributed by atoms with van der Waals surface area (Å²) < 4.78 is 5.55. The van der Waals surface area contributed by atoms with Gasteiger partial charge in [-0.05, 0) is 51.8 Å². The number of aryl methyl sites for hydroxylation is 1. The number of hydrogen-bond acceptors (Lipinski definition) is 3. The van der Waals surface area contributed by atoms with E-state index in [0.717, 1.165) is 38.9 Å². The van der Waals surface area contributed by atoms with E-state index < -0.39 is 18.1 Å². The molecule has 1 atom stereocenters. The van der Waals surface area contributed by atoms with Crippen LogP contribution in [-0.4, -0.2) is 29.8 Å². The van der Waals surface area contributed by atoms with Crippen LogP contribution in [0.5, 0.6) is 0 Å². The van der Waals surface area contributed by atoms with Crippen LogP contribution in [0.15, 0.2) is 103 Å². The predicted octanol–water partition coefficient (Wildman–Crippen LogP) is 6.28. The molecule has 1 amide bonds. The maximum absolute atomic E-state index is 12.6. The lowest BCUT2D eigenvalue weighted by molar-refractivity contribution is -0.139. The summed E-state index contributed by atoms with van der Waals surface area (Å²) in [5.74, 6) is -1.16. The summed E-state index contributed by atoms with van der Waals surface area (Å²) in [6, 6.07) is 33.0. The number of benzene rings is 4. The molecule has 5 heteroatoms. The Labute approximate surface area is 210 Å². The second-order valence-corrected chi connectivity index (χ2v) is 8.92. The Hall–Kier alpha value is -4.38. The van der Waals surface area contributed by atoms with Crippen molar-refractivity contribution in [2.75, 3.05) is 6.61 Å². The van der Waals surface area contributed by atoms with Crippen molar-refractivity contribution < 1.29 is 19.4 Å². The van der Waals surface area contributed by atoms with E-state index in [0.29, 0.717) is 6.42 Å². The van der Waals surface area contributed by atoms with Crippen LogP contribution in [0.2, 0.25) is 0 Å². The molecule has 0 spiro atoms. The number of fused-ring (bicyclic) bond motifs is 3. The third kappa shape index (κ3) is 4.86. The van der Waals surface area contributed by atoms with Gasteiger partial charge in [0.2, 0.25) is 0 Å². The van der Waals surface area contributed by atoms with Crippen LogP contribution in [0.25, 0.3) is 22.3 Å². The number of amides is 1. The first-order valence-corrected chi connectivity index (χ1v) is 12.1. The smallest absolute Gasteiger partial charge is 0.407 e. The predicted molar refractivity (Wildman–Crippen MR) is 140 cm³/mol. The molecular weight excluding hydrogens is 450 g/mol. The molecule has 4 aromatic carbocycles. The van der Waals surface area contributed by atoms with Crippen LogP contribution in [0.3, 0.4) is 0 Å². The van der Waals surface area contributed by atoms with Gasteiger partial charge < -0.3 is 15.2 Å². The van der Waals surface area contributed by atoms with Gasteiger partial charge in [0, 0.05) is 5.92 Å². The van der Waals surface area contributed by atoms with Gasteiger partial charge in [-0.2, -0.15) is 0 Å². The van der Waals surface area contributed by atoms with Gasteiger partial charge in [-0.25, -0.2) is 9.59 Å². The van der Waals surface area contributed by atoms with Gasteiger partial charge in [0.05, 0.1) is 0 Å². The van der Waals surface area contributed by atoms with E-state index in [4.69, 9.17) is 4.74 Å². The Balaban J connectivity index is 1.23. The van der Waals surface area contributed by atoms with Crippen molar-refractivity contribution in [2.24, 2.45) is 0 Å². The Morgan fingerprint density at radius 1 is 0.750 bits per heavy atom. The maximum atomic E-state index is 12.6. The van der Waals surface area contributed by atoms with Crippen LogP contribution >= 0.6 is 0 Å². The van der Waals surface area contributed by atoms with E-state index in [1.54, 1.807) is 0 Å². The Morgan fingerprint density at radius 3 is 1.94 bits per heavy atom. The normalized spacial score (nSPS) is 12.9. The molecule has 1 aliphatic rings. The van der Waals surface area contributed by atoms with Gasteiger partial charge in [-0.3, -0.25) is 0 Å². The lowest BCUT2D eigenvalue weighted by atomic mass is 9.95. The number of nitrogens with one attached hydrogen (secondary N) is 1. The van der Waals surface area contributed by atoms with Gasteiger partial charge in [-0.15, -0.1) is 0 Å². The monoisotopic (exact) mass is 477 g/mol. The van der Waals surface area contributed by atoms with Gasteiger partial charge in [0.15, 0.2) is 0 Å². The maximum Gasteiger partial charge on any atom is 0.407 e. The van der Waals surface area contributed by atoms with Crippen molar-refractivity contribution in [2.45, 2.75) is 24.8 Å². The van der Waals surface area contributed by atoms with Gasteiger partial charge in [0.1, 0.15) is 12.6 Å². The highest BCUT2D eigenvalue weighted by Crippen LogP contribution is 2.44. The van der Waals surface area contributed by atoms with Crippen molar-refractivity contribution in [3.05, 3.63) is 120 Å². The van der Waals surface area contributed by atoms with E-state index in [-0.39, 0.29) is 18.9 Å². The molecule has 1 aliphatic carbocycles. The highest BCUT2D eigenvalue weighted by atomic mass is 16.5. The largest absolute Gasteiger partial charge is 0.480 e. The minimum absolute atomic E-state index is 0.0795. The second-order valence-electron chi connectivity index (χ2n) is 8.92. The molecule has 0 aromatic heterocycles. The average Bonchev–Trinajstić information content (AvgIpc) is 3.24. The van der Waals surface area contributed by atoms with Crippen molar-refractivity contribution in [3.63, 3.8) is 0 Å². The van der Waals surface area contributed by atoms with Gasteiger partial charge in [0.25, 0.3) is 0 Å². The van der Waals surface area contributed by atoms with E-state index in [9.17, 15) is 14.7 Å². The first-order valence-electron chi connectivity index (χ1n) is 12.1. The molecular formula is C31H27NO4. The molecule has 180 valence electrons. The molecule has 0 saturated heterocycles. The molecule has 0 radical (unpaired) electrons. The Bertz CT molecular complexity index is 1340. The van der Waals surface area contributed by atoms with Crippen LogP contribution in [-0.2, 0) is 16.0 Å². The van der Waals surface area contributed by atoms with E-state index in [1.807, 2.05) is 91.0 Å². The molecule has 0 aliphatic heterocycles. The Kier molecular flexibility index (Phi) is 6.80. The number of hydrogen-bond donors (Lipinski definition) is 2. The first kappa shape index (κ1) is 23.4. The molecule has 4 aromatic rings. The number of carboxylic acids is 1. The summed E-state index contributed by atoms with van der Waals surface area (Å²) >= 11 is 0. The van der Waals surface area contributed by atoms with Crippen LogP contribution in [0.1, 0.15) is 29.0 Å². The van der Waals surface area contributed by atoms with E-state index >= 15 is 0 Å². The number of ether oxygens (including phenoxy) is 1. The summed E-state index contributed by atoms with van der Waals surface area (Å²) in [6.45, 7) is 0.142. The Morgan fingerprint density at radius 2 is 1.31 bits per heavy atom. The number of alkyl carbamates (subject to hydrolysis) is 1. The quantitative estimate of drug-likeness (QED) is 0.313. The molecule has 0 saturated carbocycles. The molecule has 1 unspecified atom stereocenters. The molecule has 0 bridgehead atoms. The summed E-state index contributed by atoms with van der Waals surface area (Å²) in [6.07, 6.45) is 0.0373. The van der Waals surface area contributed by atoms with Gasteiger partial charge >= 0.3 is 12.1 Å². The summed E-state index contributed by atoms with van der Waals surface area (Å²) in [5.41, 5.74) is 7.67. The SMILES string of the molecule is O=C(NC(CCc1ccccc1-c1ccccc1)C(=O)O)OCC1c2ccccc2-c2ccccc21. The molecule has 5 nitrogen and oxygen atoms in total. The standard InChI is InChI=1S/C31H27NO4/c33-30(34)29(19-18-22-12-4-5-13-23(22)21-10-2-1-3-11-21)32-31(35)36-20-28-26-16-8-6-14-24(26)25-15-7-9-17-27(25)28/h1-17,28-29H,18-20H2,(H,32,35)(H,33,34). The fourth-order valence-corrected chi connectivity index (χ4v) is 4.98. The highest BCUT2D eigenvalue weighted by Gasteiger charge is 2.29. The topological polar surface area (TPSA) is 75.6 Å². The summed E-state index contributed by atoms with van der Waals surface area (Å²) in [4.78, 5) is 24.6. The van der Waals surface area contributed by atoms with Crippen LogP contribution < -0.4 is 5.32 Å². The van der Waals surface area contributed by atoms with E-state index in [1.165, 1.54) is 0 Å². The minimum atomic E-state index is -1.08. The average molecular weight is 478 g/mol. The molecule has 0 heterocycles. The van der Waals surface area contributed by atoms with Gasteiger partial charge in [-0.1, -0.05) is 103 Å². The molecule has 0 fully saturated rings. The van der Waals surface area contributed by atoms with E-state index in [2.05, 4.69) is 17.4 Å². The summed E-state index contributed by atoms with van der Waals surface area (Å²) in [5, 5.41) is 12.3. The third-order valence-electron chi connectivity index (χ3n) is 6.74. The number of aliphatic carboxylic acids is 1. The number of rotatable bonds is 8. The van der Waals surface area contributed by atoms with Crippen molar-refractivity contribution in [3.8, 4) is 22.3 Å². The minimum Gasteiger partial charge on any atom is -0.480 e. The van der Waals surface area contributed by atoms with Crippen LogP contribution in [0.4, 0.5) is 4.79 Å². The summed E-state index contributed by atoms with van der Waals surface area (Å²) in [7, 11) is 0. The third-order valence-corrected chi connectivity index (χ3v) is 6.74. The zero-order chi connectivity index (χ0) is 24.9. The second kappa shape index (κ2) is 10.5. The molecule has 2 N–H and O–H groups in total. The molecule has 5 rings (SSSR count). The van der Waals surface area contributed by atoms with Crippen molar-refractivity contribution in [1.82, 2.24) is 5.32 Å². The number of carboxylic acid groups (broad SMARTS) is 1. The fourth-order valence-electron chi connectivity index (χ4n) is 4.98. The first-order chi connectivity index (χ1) is 17.6. The van der Waals surface area contributed by atoms with Crippen LogP contribution in [0, 0.1) is 0 Å². The zero-order valence-electron chi connectivity index (χ0n) is 19.8. The zero-order valence-corrected chi connectivity index (χ0v) is 19.8. The van der Waals surface area contributed by atoms with Crippen molar-refractivity contribution in [1.29, 1.82) is 0 Å². The highest BCUT2D eigenvalue weighted by molar-refractivity contribution is 5.81. The lowest BCUT2D eigenvalue weighted by Gasteiger charge is -2.18. The van der Waals surface area contributed by atoms with Crippen molar-refractivity contribution >= 4 is 12.1 Å². The number of carbonyl (C=O) groups excluding carboxylic acids is 1. The fraction of sp³-hybridized carbons (Fsp3) is 0.161. The lowest BCUT2D eigenvalue weighted by Crippen LogP contribution is -2.41.